The molecule has 1 saturated heterocycles. The molecule has 0 aromatic carbocycles. The highest BCUT2D eigenvalue weighted by Crippen LogP contribution is 2.19. The van der Waals surface area contributed by atoms with Crippen molar-refractivity contribution in [3.05, 3.63) is 18.2 Å². The molecule has 3 amide bonds. The van der Waals surface area contributed by atoms with Crippen LogP contribution in [-0.2, 0) is 20.8 Å². The third kappa shape index (κ3) is 4.54. The number of aromatic nitrogens is 2. The summed E-state index contributed by atoms with van der Waals surface area (Å²) in [5.41, 5.74) is 6.71. The van der Waals surface area contributed by atoms with Crippen molar-refractivity contribution in [2.75, 3.05) is 20.2 Å². The van der Waals surface area contributed by atoms with E-state index in [1.54, 1.807) is 6.20 Å². The molecular weight excluding hydrogens is 328 g/mol. The van der Waals surface area contributed by atoms with Crippen LogP contribution in [-0.4, -0.2) is 76.0 Å². The number of nitrogens with two attached hydrogens (primary N) is 1. The van der Waals surface area contributed by atoms with E-state index in [2.05, 4.69) is 20.6 Å². The predicted octanol–water partition coefficient (Wildman–Crippen LogP) is -2.51. The number of carbonyl (C=O) groups excluding carboxylic acids is 3. The molecule has 1 aromatic heterocycles. The van der Waals surface area contributed by atoms with Gasteiger partial charge in [0, 0.05) is 31.9 Å². The second kappa shape index (κ2) is 8.58. The highest BCUT2D eigenvalue weighted by Gasteiger charge is 2.37. The van der Waals surface area contributed by atoms with E-state index in [9.17, 15) is 19.5 Å². The van der Waals surface area contributed by atoms with Gasteiger partial charge in [-0.05, 0) is 12.8 Å². The van der Waals surface area contributed by atoms with E-state index in [0.29, 0.717) is 25.8 Å². The van der Waals surface area contributed by atoms with Gasteiger partial charge >= 0.3 is 0 Å². The second-order valence-corrected chi connectivity index (χ2v) is 5.94. The van der Waals surface area contributed by atoms with E-state index in [-0.39, 0.29) is 5.91 Å². The predicted molar refractivity (Wildman–Crippen MR) is 88.1 cm³/mol. The number of rotatable bonds is 7. The van der Waals surface area contributed by atoms with Gasteiger partial charge in [0.15, 0.2) is 0 Å². The van der Waals surface area contributed by atoms with Gasteiger partial charge in [0.05, 0.1) is 19.0 Å². The van der Waals surface area contributed by atoms with E-state index in [4.69, 9.17) is 5.73 Å². The number of likely N-dealkylation sites (N-methyl/N-ethyl adjacent to an activating group) is 1. The van der Waals surface area contributed by atoms with Gasteiger partial charge in [-0.15, -0.1) is 0 Å². The van der Waals surface area contributed by atoms with Crippen molar-refractivity contribution in [2.24, 2.45) is 5.73 Å². The number of aliphatic hydroxyl groups is 1. The number of amides is 3. The molecule has 1 aliphatic rings. The van der Waals surface area contributed by atoms with Gasteiger partial charge in [-0.2, -0.15) is 0 Å². The fourth-order valence-corrected chi connectivity index (χ4v) is 2.87. The van der Waals surface area contributed by atoms with E-state index >= 15 is 0 Å². The van der Waals surface area contributed by atoms with Crippen molar-refractivity contribution in [2.45, 2.75) is 37.4 Å². The third-order valence-electron chi connectivity index (χ3n) is 4.21. The average Bonchev–Trinajstić information content (AvgIpc) is 3.29. The molecule has 2 heterocycles. The van der Waals surface area contributed by atoms with Crippen LogP contribution in [0, 0.1) is 0 Å². The molecule has 1 aromatic rings. The molecule has 0 bridgehead atoms. The lowest BCUT2D eigenvalue weighted by Crippen LogP contribution is -2.56. The van der Waals surface area contributed by atoms with Crippen LogP contribution in [0.4, 0.5) is 0 Å². The lowest BCUT2D eigenvalue weighted by molar-refractivity contribution is -0.140. The summed E-state index contributed by atoms with van der Waals surface area (Å²) in [5, 5.41) is 14.1. The molecule has 0 saturated carbocycles. The number of nitrogens with one attached hydrogen (secondary N) is 3. The van der Waals surface area contributed by atoms with Gasteiger partial charge in [-0.3, -0.25) is 14.4 Å². The van der Waals surface area contributed by atoms with E-state index < -0.39 is 36.5 Å². The number of hydrogen-bond donors (Lipinski definition) is 5. The van der Waals surface area contributed by atoms with Crippen molar-refractivity contribution in [1.82, 2.24) is 25.5 Å². The normalized spacial score (nSPS) is 19.3. The number of H-pyrrole nitrogens is 1. The van der Waals surface area contributed by atoms with E-state index in [1.165, 1.54) is 18.3 Å². The molecule has 10 heteroatoms. The molecule has 6 N–H and O–H groups in total. The largest absolute Gasteiger partial charge is 0.394 e. The van der Waals surface area contributed by atoms with Crippen LogP contribution in [0.5, 0.6) is 0 Å². The summed E-state index contributed by atoms with van der Waals surface area (Å²) in [6, 6.07) is -2.53. The monoisotopic (exact) mass is 352 g/mol. The molecule has 25 heavy (non-hydrogen) atoms. The smallest absolute Gasteiger partial charge is 0.244 e. The fourth-order valence-electron chi connectivity index (χ4n) is 2.87. The standard InChI is InChI=1S/C15H24N6O4/c1-17-13(23)11(7-22)20-14(24)12-3-2-4-21(12)15(25)10(16)5-9-6-18-8-19-9/h6,8,10-12,22H,2-5,7,16H2,1H3,(H,17,23)(H,18,19)(H,20,24)/t10-,11-,12-/m0/s1. The maximum absolute atomic E-state index is 12.6. The lowest BCUT2D eigenvalue weighted by atomic mass is 10.1. The minimum Gasteiger partial charge on any atom is -0.394 e. The third-order valence-corrected chi connectivity index (χ3v) is 4.21. The first-order valence-electron chi connectivity index (χ1n) is 8.14. The minimum atomic E-state index is -1.05. The minimum absolute atomic E-state index is 0.293. The molecule has 138 valence electrons. The summed E-state index contributed by atoms with van der Waals surface area (Å²) >= 11 is 0. The highest BCUT2D eigenvalue weighted by molar-refractivity contribution is 5.93. The molecule has 0 unspecified atom stereocenters. The average molecular weight is 352 g/mol. The SMILES string of the molecule is CNC(=O)[C@H](CO)NC(=O)[C@@H]1CCCN1C(=O)[C@@H](N)Cc1cnc[nH]1. The first kappa shape index (κ1) is 18.9. The van der Waals surface area contributed by atoms with Crippen molar-refractivity contribution >= 4 is 17.7 Å². The number of aromatic amines is 1. The zero-order chi connectivity index (χ0) is 18.4. The maximum Gasteiger partial charge on any atom is 0.244 e. The summed E-state index contributed by atoms with van der Waals surface area (Å²) in [7, 11) is 1.41. The summed E-state index contributed by atoms with van der Waals surface area (Å²) in [4.78, 5) is 44.8. The van der Waals surface area contributed by atoms with Gasteiger partial charge in [-0.1, -0.05) is 0 Å². The summed E-state index contributed by atoms with van der Waals surface area (Å²) in [6.07, 6.45) is 4.55. The molecule has 0 spiro atoms. The Labute approximate surface area is 145 Å². The molecule has 0 radical (unpaired) electrons. The molecule has 0 aliphatic carbocycles. The van der Waals surface area contributed by atoms with Gasteiger partial charge < -0.3 is 31.4 Å². The van der Waals surface area contributed by atoms with Crippen molar-refractivity contribution in [1.29, 1.82) is 0 Å². The molecule has 1 fully saturated rings. The Morgan fingerprint density at radius 1 is 1.52 bits per heavy atom. The Morgan fingerprint density at radius 2 is 2.28 bits per heavy atom. The van der Waals surface area contributed by atoms with Gasteiger partial charge in [-0.25, -0.2) is 4.98 Å². The molecule has 3 atom stereocenters. The quantitative estimate of drug-likeness (QED) is 0.365. The van der Waals surface area contributed by atoms with Crippen LogP contribution in [0.15, 0.2) is 12.5 Å². The maximum atomic E-state index is 12.6. The number of aliphatic hydroxyl groups excluding tert-OH is 1. The number of imidazole rings is 1. The highest BCUT2D eigenvalue weighted by atomic mass is 16.3. The van der Waals surface area contributed by atoms with Gasteiger partial charge in [0.1, 0.15) is 12.1 Å². The number of carbonyl (C=O) groups is 3. The molecule has 1 aliphatic heterocycles. The molecule has 2 rings (SSSR count). The number of nitrogens with zero attached hydrogens (tertiary/aromatic N) is 2. The van der Waals surface area contributed by atoms with Crippen LogP contribution in [0.1, 0.15) is 18.5 Å². The first-order valence-corrected chi connectivity index (χ1v) is 8.14. The van der Waals surface area contributed by atoms with Crippen LogP contribution >= 0.6 is 0 Å². The number of hydrogen-bond acceptors (Lipinski definition) is 6. The van der Waals surface area contributed by atoms with Gasteiger partial charge in [0.2, 0.25) is 17.7 Å². The number of likely N-dealkylation sites (tertiary alicyclic amines) is 1. The lowest BCUT2D eigenvalue weighted by Gasteiger charge is -2.27. The van der Waals surface area contributed by atoms with Crippen molar-refractivity contribution in [3.8, 4) is 0 Å². The summed E-state index contributed by atoms with van der Waals surface area (Å²) in [5.74, 6) is -1.29. The van der Waals surface area contributed by atoms with Gasteiger partial charge in [0.25, 0.3) is 0 Å². The summed E-state index contributed by atoms with van der Waals surface area (Å²) < 4.78 is 0. The molecular formula is C15H24N6O4. The van der Waals surface area contributed by atoms with Crippen LogP contribution < -0.4 is 16.4 Å². The fraction of sp³-hybridized carbons (Fsp3) is 0.600. The Balaban J connectivity index is 1.99. The Bertz CT molecular complexity index is 605. The zero-order valence-corrected chi connectivity index (χ0v) is 14.1. The Morgan fingerprint density at radius 3 is 2.88 bits per heavy atom. The zero-order valence-electron chi connectivity index (χ0n) is 14.1. The Hall–Kier alpha value is -2.46. The first-order chi connectivity index (χ1) is 12.0. The summed E-state index contributed by atoms with van der Waals surface area (Å²) in [6.45, 7) is -0.0945. The molecule has 10 nitrogen and oxygen atoms in total. The topological polar surface area (TPSA) is 153 Å². The van der Waals surface area contributed by atoms with Crippen LogP contribution in [0.25, 0.3) is 0 Å². The van der Waals surface area contributed by atoms with E-state index in [0.717, 1.165) is 5.69 Å². The van der Waals surface area contributed by atoms with Crippen molar-refractivity contribution < 1.29 is 19.5 Å². The second-order valence-electron chi connectivity index (χ2n) is 5.94. The van der Waals surface area contributed by atoms with Crippen LogP contribution in [0.2, 0.25) is 0 Å². The Kier molecular flexibility index (Phi) is 6.48. The van der Waals surface area contributed by atoms with E-state index in [1.807, 2.05) is 0 Å². The van der Waals surface area contributed by atoms with Crippen LogP contribution in [0.3, 0.4) is 0 Å². The van der Waals surface area contributed by atoms with Crippen molar-refractivity contribution in [3.63, 3.8) is 0 Å².